The maximum absolute atomic E-state index is 13.6. The minimum absolute atomic E-state index is 0.0359. The molecule has 2 N–H and O–H groups in total. The number of hydrogen-bond donors (Lipinski definition) is 2. The molecule has 6 atom stereocenters. The lowest BCUT2D eigenvalue weighted by Gasteiger charge is -2.46. The lowest BCUT2D eigenvalue weighted by Crippen LogP contribution is -2.57. The average molecular weight is 493 g/mol. The normalized spacial score (nSPS) is 39.7. The molecule has 0 amide bonds. The van der Waals surface area contributed by atoms with E-state index in [1.165, 1.54) is 0 Å². The first-order valence-corrected chi connectivity index (χ1v) is 14.7. The predicted molar refractivity (Wildman–Crippen MR) is 121 cm³/mol. The fourth-order valence-electron chi connectivity index (χ4n) is 5.71. The van der Waals surface area contributed by atoms with E-state index in [1.807, 2.05) is 0 Å². The van der Waals surface area contributed by atoms with Gasteiger partial charge in [-0.3, -0.25) is 4.79 Å². The van der Waals surface area contributed by atoms with Crippen LogP contribution in [-0.2, 0) is 23.7 Å². The first-order valence-electron chi connectivity index (χ1n) is 11.3. The Hall–Kier alpha value is 0.480. The van der Waals surface area contributed by atoms with E-state index >= 15 is 0 Å². The van der Waals surface area contributed by atoms with Gasteiger partial charge in [0.2, 0.25) is 0 Å². The second-order valence-electron chi connectivity index (χ2n) is 9.01. The summed E-state index contributed by atoms with van der Waals surface area (Å²) in [5.41, 5.74) is 0. The van der Waals surface area contributed by atoms with Gasteiger partial charge in [0, 0.05) is 47.7 Å². The molecule has 5 saturated heterocycles. The number of hydrogen-bond acceptors (Lipinski definition) is 10. The van der Waals surface area contributed by atoms with Crippen LogP contribution in [0.15, 0.2) is 0 Å². The highest BCUT2D eigenvalue weighted by atomic mass is 32.2. The first-order chi connectivity index (χ1) is 15.1. The fourth-order valence-corrected chi connectivity index (χ4v) is 9.67. The van der Waals surface area contributed by atoms with Crippen LogP contribution in [-0.4, -0.2) is 101 Å². The molecule has 5 fully saturated rings. The third-order valence-corrected chi connectivity index (χ3v) is 10.8. The van der Waals surface area contributed by atoms with Crippen LogP contribution >= 0.6 is 35.3 Å². The quantitative estimate of drug-likeness (QED) is 0.597. The molecule has 2 spiro atoms. The molecule has 0 saturated carbocycles. The van der Waals surface area contributed by atoms with Gasteiger partial charge in [-0.2, -0.15) is 35.3 Å². The molecule has 31 heavy (non-hydrogen) atoms. The number of carbonyl (C=O) groups excluding carboxylic acids is 1. The summed E-state index contributed by atoms with van der Waals surface area (Å²) in [4.78, 5) is 13.6. The molecule has 5 aliphatic heterocycles. The number of carbonyl (C=O) groups is 1. The van der Waals surface area contributed by atoms with Crippen molar-refractivity contribution in [2.45, 2.75) is 36.6 Å². The molecule has 7 nitrogen and oxygen atoms in total. The van der Waals surface area contributed by atoms with E-state index in [4.69, 9.17) is 18.9 Å². The largest absolute Gasteiger partial charge is 0.392 e. The molecule has 5 aliphatic rings. The summed E-state index contributed by atoms with van der Waals surface area (Å²) in [6.07, 6.45) is -0.212. The fraction of sp³-hybridized carbons (Fsp3) is 0.952. The summed E-state index contributed by atoms with van der Waals surface area (Å²) in [7, 11) is 0. The minimum Gasteiger partial charge on any atom is -0.392 e. The molecule has 0 aliphatic carbocycles. The topological polar surface area (TPSA) is 94.5 Å². The maximum Gasteiger partial charge on any atom is 0.175 e. The molecular weight excluding hydrogens is 460 g/mol. The number of thioether (sulfide) groups is 3. The van der Waals surface area contributed by atoms with Gasteiger partial charge in [0.05, 0.1) is 50.5 Å². The van der Waals surface area contributed by atoms with E-state index in [0.717, 1.165) is 24.3 Å². The summed E-state index contributed by atoms with van der Waals surface area (Å²) in [6.45, 7) is 2.13. The van der Waals surface area contributed by atoms with Crippen LogP contribution in [0.1, 0.15) is 12.8 Å². The van der Waals surface area contributed by atoms with Gasteiger partial charge in [-0.05, 0) is 11.5 Å². The van der Waals surface area contributed by atoms with Crippen molar-refractivity contribution >= 4 is 41.1 Å². The number of rotatable bonds is 4. The lowest BCUT2D eigenvalue weighted by molar-refractivity contribution is -0.221. The van der Waals surface area contributed by atoms with E-state index in [9.17, 15) is 15.0 Å². The molecule has 5 heterocycles. The van der Waals surface area contributed by atoms with Gasteiger partial charge < -0.3 is 29.2 Å². The Morgan fingerprint density at radius 3 is 1.55 bits per heavy atom. The van der Waals surface area contributed by atoms with Crippen molar-refractivity contribution in [1.29, 1.82) is 0 Å². The second kappa shape index (κ2) is 9.62. The Kier molecular flexibility index (Phi) is 7.21. The number of aliphatic hydroxyl groups excluding tert-OH is 2. The molecule has 0 aromatic carbocycles. The van der Waals surface area contributed by atoms with Crippen LogP contribution < -0.4 is 0 Å². The van der Waals surface area contributed by atoms with Gasteiger partial charge >= 0.3 is 0 Å². The third-order valence-electron chi connectivity index (χ3n) is 7.44. The van der Waals surface area contributed by atoms with Crippen molar-refractivity contribution in [1.82, 2.24) is 0 Å². The van der Waals surface area contributed by atoms with Crippen LogP contribution in [0.2, 0.25) is 0 Å². The van der Waals surface area contributed by atoms with Crippen LogP contribution in [0.25, 0.3) is 0 Å². The summed E-state index contributed by atoms with van der Waals surface area (Å²) in [5, 5.41) is 22.7. The molecule has 0 aromatic heterocycles. The Labute approximate surface area is 196 Å². The average Bonchev–Trinajstić information content (AvgIpc) is 3.44. The van der Waals surface area contributed by atoms with Crippen molar-refractivity contribution in [2.75, 3.05) is 60.9 Å². The van der Waals surface area contributed by atoms with Crippen molar-refractivity contribution < 1.29 is 34.0 Å². The molecule has 0 aromatic rings. The molecule has 0 radical (unpaired) electrons. The first kappa shape index (κ1) is 23.2. The highest BCUT2D eigenvalue weighted by molar-refractivity contribution is 7.99. The number of ketones is 1. The lowest BCUT2D eigenvalue weighted by atomic mass is 9.76. The van der Waals surface area contributed by atoms with E-state index in [2.05, 4.69) is 0 Å². The zero-order valence-electron chi connectivity index (χ0n) is 17.6. The van der Waals surface area contributed by atoms with Crippen molar-refractivity contribution in [3.05, 3.63) is 0 Å². The number of ether oxygens (including phenoxy) is 4. The summed E-state index contributed by atoms with van der Waals surface area (Å²) < 4.78 is 23.9. The molecule has 0 unspecified atom stereocenters. The summed E-state index contributed by atoms with van der Waals surface area (Å²) in [6, 6.07) is 0. The monoisotopic (exact) mass is 492 g/mol. The van der Waals surface area contributed by atoms with Crippen LogP contribution in [0, 0.1) is 23.7 Å². The standard InChI is InChI=1S/C21H32O7S3/c22-17-13(18(23)15-11-29-7-1-20(15)25-3-4-26-20)9-31-10-14(17)19(24)16-12-30-8-2-21(16)27-5-6-28-21/h13-16,18-19,23-24H,1-12H2/t13-,14+,15+,16-,18-,19-/m0/s1. The molecular formula is C21H32O7S3. The summed E-state index contributed by atoms with van der Waals surface area (Å²) in [5.74, 6) is 1.33. The highest BCUT2D eigenvalue weighted by Gasteiger charge is 2.56. The zero-order valence-corrected chi connectivity index (χ0v) is 20.1. The zero-order chi connectivity index (χ0) is 21.5. The van der Waals surface area contributed by atoms with Gasteiger partial charge in [0.15, 0.2) is 11.6 Å². The van der Waals surface area contributed by atoms with Crippen molar-refractivity contribution in [3.63, 3.8) is 0 Å². The maximum atomic E-state index is 13.6. The Bertz CT molecular complexity index is 601. The van der Waals surface area contributed by atoms with E-state index in [1.54, 1.807) is 35.3 Å². The van der Waals surface area contributed by atoms with E-state index < -0.39 is 35.6 Å². The van der Waals surface area contributed by atoms with Crippen LogP contribution in [0.5, 0.6) is 0 Å². The second-order valence-corrected chi connectivity index (χ2v) is 12.4. The number of Topliss-reactive ketones (excluding diaryl/α,β-unsaturated/α-hetero) is 1. The smallest absolute Gasteiger partial charge is 0.175 e. The van der Waals surface area contributed by atoms with Crippen LogP contribution in [0.3, 0.4) is 0 Å². The van der Waals surface area contributed by atoms with Gasteiger partial charge in [-0.15, -0.1) is 0 Å². The molecule has 5 rings (SSSR count). The third kappa shape index (κ3) is 4.23. The molecule has 10 heteroatoms. The van der Waals surface area contributed by atoms with Gasteiger partial charge in [-0.25, -0.2) is 0 Å². The molecule has 176 valence electrons. The number of aliphatic hydroxyl groups is 2. The van der Waals surface area contributed by atoms with Crippen LogP contribution in [0.4, 0.5) is 0 Å². The predicted octanol–water partition coefficient (Wildman–Crippen LogP) is 1.25. The highest BCUT2D eigenvalue weighted by Crippen LogP contribution is 2.46. The van der Waals surface area contributed by atoms with Crippen molar-refractivity contribution in [2.24, 2.45) is 23.7 Å². The SMILES string of the molecule is O=C1[C@H]([C@H](O)[C@@H]2CSCCC23OCCO3)CSC[C@@H]1[C@H](O)[C@H]1CSCCC12OCCO2. The Morgan fingerprint density at radius 1 is 0.710 bits per heavy atom. The molecule has 0 bridgehead atoms. The minimum atomic E-state index is -0.838. The van der Waals surface area contributed by atoms with E-state index in [0.29, 0.717) is 49.4 Å². The van der Waals surface area contributed by atoms with Gasteiger partial charge in [-0.1, -0.05) is 0 Å². The van der Waals surface area contributed by atoms with Gasteiger partial charge in [0.1, 0.15) is 5.78 Å². The Morgan fingerprint density at radius 2 is 1.13 bits per heavy atom. The summed E-state index contributed by atoms with van der Waals surface area (Å²) >= 11 is 5.20. The van der Waals surface area contributed by atoms with E-state index in [-0.39, 0.29) is 17.6 Å². The Balaban J connectivity index is 1.32. The van der Waals surface area contributed by atoms with Gasteiger partial charge in [0.25, 0.3) is 0 Å². The van der Waals surface area contributed by atoms with Crippen molar-refractivity contribution in [3.8, 4) is 0 Å².